The molecule has 0 spiro atoms. The van der Waals surface area contributed by atoms with Crippen LogP contribution in [0.2, 0.25) is 0 Å². The number of hydrogen-bond donors (Lipinski definition) is 0. The minimum Gasteiger partial charge on any atom is -0.496 e. The Balaban J connectivity index is 1.70. The molecule has 0 saturated heterocycles. The van der Waals surface area contributed by atoms with E-state index < -0.39 is 0 Å². The standard InChI is InChI=1S/C37H62N2O4/c1-5-6-7-8-9-10-11-12-13-14-15-16-17-18-19-22-28-43-37-31-39(30-33-24-20-21-25-36(33)41-4)34(29-35(37)40)32-42-27-23-26-38(2)3/h20-21,24-25,29,31H,5-19,22-23,26-28,30,32H2,1-4H3. The Morgan fingerprint density at radius 2 is 1.30 bits per heavy atom. The molecular formula is C37H62N2O4. The Kier molecular flexibility index (Phi) is 20.6. The zero-order valence-electron chi connectivity index (χ0n) is 28.0. The number of rotatable bonds is 27. The molecule has 6 heteroatoms. The van der Waals surface area contributed by atoms with E-state index in [1.165, 1.54) is 89.9 Å². The second kappa shape index (κ2) is 24.1. The van der Waals surface area contributed by atoms with Gasteiger partial charge in [0.1, 0.15) is 5.75 Å². The molecule has 0 unspecified atom stereocenters. The molecule has 6 nitrogen and oxygen atoms in total. The molecule has 0 radical (unpaired) electrons. The predicted octanol–water partition coefficient (Wildman–Crippen LogP) is 9.01. The molecule has 0 aliphatic heterocycles. The third-order valence-corrected chi connectivity index (χ3v) is 8.12. The maximum Gasteiger partial charge on any atom is 0.223 e. The number of hydrogen-bond acceptors (Lipinski definition) is 5. The molecule has 2 rings (SSSR count). The smallest absolute Gasteiger partial charge is 0.223 e. The number of benzene rings is 1. The van der Waals surface area contributed by atoms with Gasteiger partial charge in [-0.1, -0.05) is 121 Å². The first-order valence-corrected chi connectivity index (χ1v) is 17.3. The fourth-order valence-electron chi connectivity index (χ4n) is 5.48. The van der Waals surface area contributed by atoms with Crippen molar-refractivity contribution in [2.24, 2.45) is 0 Å². The van der Waals surface area contributed by atoms with E-state index in [2.05, 4.69) is 36.6 Å². The molecule has 1 aromatic heterocycles. The second-order valence-corrected chi connectivity index (χ2v) is 12.3. The molecular weight excluding hydrogens is 536 g/mol. The van der Waals surface area contributed by atoms with Gasteiger partial charge in [-0.2, -0.15) is 0 Å². The van der Waals surface area contributed by atoms with Crippen molar-refractivity contribution in [2.45, 2.75) is 129 Å². The van der Waals surface area contributed by atoms with Gasteiger partial charge in [0.25, 0.3) is 0 Å². The highest BCUT2D eigenvalue weighted by molar-refractivity contribution is 5.34. The lowest BCUT2D eigenvalue weighted by atomic mass is 10.0. The van der Waals surface area contributed by atoms with Crippen LogP contribution in [0.1, 0.15) is 127 Å². The SMILES string of the molecule is CCCCCCCCCCCCCCCCCCOc1cn(Cc2ccccc2OC)c(COCCCN(C)C)cc1=O. The van der Waals surface area contributed by atoms with Crippen LogP contribution in [0.15, 0.2) is 41.3 Å². The van der Waals surface area contributed by atoms with Crippen LogP contribution in [0.5, 0.6) is 11.5 Å². The molecule has 0 N–H and O–H groups in total. The first-order chi connectivity index (χ1) is 21.0. The summed E-state index contributed by atoms with van der Waals surface area (Å²) in [7, 11) is 5.80. The Bertz CT molecular complexity index is 1020. The number of pyridine rings is 1. The van der Waals surface area contributed by atoms with Crippen LogP contribution in [-0.4, -0.2) is 50.4 Å². The van der Waals surface area contributed by atoms with Crippen molar-refractivity contribution in [1.82, 2.24) is 9.47 Å². The van der Waals surface area contributed by atoms with Gasteiger partial charge < -0.3 is 23.7 Å². The van der Waals surface area contributed by atoms with Crippen molar-refractivity contribution >= 4 is 0 Å². The number of methoxy groups -OCH3 is 1. The summed E-state index contributed by atoms with van der Waals surface area (Å²) in [6.07, 6.45) is 24.2. The summed E-state index contributed by atoms with van der Waals surface area (Å²) in [5, 5.41) is 0. The molecule has 0 aliphatic rings. The fraction of sp³-hybridized carbons (Fsp3) is 0.703. The van der Waals surface area contributed by atoms with E-state index in [1.807, 2.05) is 24.4 Å². The van der Waals surface area contributed by atoms with Crippen LogP contribution in [0.25, 0.3) is 0 Å². The van der Waals surface area contributed by atoms with Gasteiger partial charge in [-0.15, -0.1) is 0 Å². The van der Waals surface area contributed by atoms with E-state index in [1.54, 1.807) is 13.2 Å². The van der Waals surface area contributed by atoms with Crippen molar-refractivity contribution < 1.29 is 14.2 Å². The zero-order valence-corrected chi connectivity index (χ0v) is 28.0. The molecule has 0 saturated carbocycles. The topological polar surface area (TPSA) is 52.9 Å². The molecule has 244 valence electrons. The summed E-state index contributed by atoms with van der Waals surface area (Å²) in [4.78, 5) is 15.1. The lowest BCUT2D eigenvalue weighted by Gasteiger charge is -2.18. The highest BCUT2D eigenvalue weighted by Crippen LogP contribution is 2.21. The largest absolute Gasteiger partial charge is 0.496 e. The van der Waals surface area contributed by atoms with E-state index in [0.29, 0.717) is 32.1 Å². The lowest BCUT2D eigenvalue weighted by Crippen LogP contribution is -2.18. The van der Waals surface area contributed by atoms with Crippen LogP contribution in [0.3, 0.4) is 0 Å². The number of ether oxygens (including phenoxy) is 3. The minimum absolute atomic E-state index is 0.0836. The van der Waals surface area contributed by atoms with Gasteiger partial charge in [-0.3, -0.25) is 4.79 Å². The summed E-state index contributed by atoms with van der Waals surface area (Å²) in [6, 6.07) is 9.66. The van der Waals surface area contributed by atoms with Gasteiger partial charge in [0.2, 0.25) is 5.43 Å². The van der Waals surface area contributed by atoms with Gasteiger partial charge >= 0.3 is 0 Å². The number of para-hydroxylation sites is 1. The first kappa shape index (κ1) is 36.9. The molecule has 1 heterocycles. The molecule has 0 amide bonds. The molecule has 0 atom stereocenters. The Labute approximate surface area is 263 Å². The van der Waals surface area contributed by atoms with Crippen molar-refractivity contribution in [1.29, 1.82) is 0 Å². The summed E-state index contributed by atoms with van der Waals surface area (Å²) < 4.78 is 19.6. The summed E-state index contributed by atoms with van der Waals surface area (Å²) in [5.41, 5.74) is 1.81. The van der Waals surface area contributed by atoms with Crippen molar-refractivity contribution in [3.05, 3.63) is 58.0 Å². The number of nitrogens with zero attached hydrogens (tertiary/aromatic N) is 2. The van der Waals surface area contributed by atoms with Gasteiger partial charge in [0.15, 0.2) is 5.75 Å². The predicted molar refractivity (Wildman–Crippen MR) is 181 cm³/mol. The molecule has 2 aromatic rings. The first-order valence-electron chi connectivity index (χ1n) is 17.3. The molecule has 1 aromatic carbocycles. The van der Waals surface area contributed by atoms with E-state index >= 15 is 0 Å². The quantitative estimate of drug-likeness (QED) is 0.0961. The van der Waals surface area contributed by atoms with Crippen LogP contribution in [0.4, 0.5) is 0 Å². The number of unbranched alkanes of at least 4 members (excludes halogenated alkanes) is 15. The van der Waals surface area contributed by atoms with Gasteiger partial charge in [-0.25, -0.2) is 0 Å². The highest BCUT2D eigenvalue weighted by Gasteiger charge is 2.11. The molecule has 0 fully saturated rings. The van der Waals surface area contributed by atoms with Crippen molar-refractivity contribution in [3.8, 4) is 11.5 Å². The molecule has 43 heavy (non-hydrogen) atoms. The minimum atomic E-state index is -0.0836. The zero-order chi connectivity index (χ0) is 31.0. The van der Waals surface area contributed by atoms with E-state index in [9.17, 15) is 4.79 Å². The van der Waals surface area contributed by atoms with Gasteiger partial charge in [-0.05, 0) is 39.5 Å². The maximum atomic E-state index is 12.9. The van der Waals surface area contributed by atoms with Crippen LogP contribution in [0, 0.1) is 0 Å². The van der Waals surface area contributed by atoms with Crippen molar-refractivity contribution in [3.63, 3.8) is 0 Å². The van der Waals surface area contributed by atoms with E-state index in [-0.39, 0.29) is 5.43 Å². The van der Waals surface area contributed by atoms with Crippen LogP contribution < -0.4 is 14.9 Å². The lowest BCUT2D eigenvalue weighted by molar-refractivity contribution is 0.108. The average Bonchev–Trinajstić information content (AvgIpc) is 3.00. The maximum absolute atomic E-state index is 12.9. The summed E-state index contributed by atoms with van der Waals surface area (Å²) in [6.45, 7) is 5.44. The molecule has 0 aliphatic carbocycles. The number of aromatic nitrogens is 1. The Morgan fingerprint density at radius 1 is 0.721 bits per heavy atom. The van der Waals surface area contributed by atoms with Crippen LogP contribution >= 0.6 is 0 Å². The normalized spacial score (nSPS) is 11.4. The van der Waals surface area contributed by atoms with E-state index in [4.69, 9.17) is 14.2 Å². The second-order valence-electron chi connectivity index (χ2n) is 12.3. The third-order valence-electron chi connectivity index (χ3n) is 8.12. The summed E-state index contributed by atoms with van der Waals surface area (Å²) >= 11 is 0. The molecule has 0 bridgehead atoms. The average molecular weight is 599 g/mol. The Hall–Kier alpha value is -2.31. The van der Waals surface area contributed by atoms with Gasteiger partial charge in [0.05, 0.1) is 33.1 Å². The van der Waals surface area contributed by atoms with Gasteiger partial charge in [0, 0.05) is 23.9 Å². The summed E-state index contributed by atoms with van der Waals surface area (Å²) in [5.74, 6) is 1.24. The fourth-order valence-corrected chi connectivity index (χ4v) is 5.48. The van der Waals surface area contributed by atoms with E-state index in [0.717, 1.165) is 42.8 Å². The van der Waals surface area contributed by atoms with Crippen LogP contribution in [-0.2, 0) is 17.9 Å². The Morgan fingerprint density at radius 3 is 1.88 bits per heavy atom. The van der Waals surface area contributed by atoms with Crippen molar-refractivity contribution in [2.75, 3.05) is 41.0 Å². The third kappa shape index (κ3) is 16.9. The monoisotopic (exact) mass is 598 g/mol. The highest BCUT2D eigenvalue weighted by atomic mass is 16.5.